The van der Waals surface area contributed by atoms with Gasteiger partial charge in [-0.1, -0.05) is 35.9 Å². The number of aromatic nitrogens is 2. The van der Waals surface area contributed by atoms with Gasteiger partial charge in [-0.15, -0.1) is 0 Å². The molecule has 5 rings (SSSR count). The summed E-state index contributed by atoms with van der Waals surface area (Å²) in [6.45, 7) is -0.0817. The molecule has 2 N–H and O–H groups in total. The van der Waals surface area contributed by atoms with E-state index in [9.17, 15) is 18.4 Å². The topological polar surface area (TPSA) is 76.0 Å². The van der Waals surface area contributed by atoms with E-state index >= 15 is 0 Å². The van der Waals surface area contributed by atoms with Crippen LogP contribution in [0.1, 0.15) is 5.82 Å². The molecule has 0 atom stereocenters. The van der Waals surface area contributed by atoms with Crippen molar-refractivity contribution >= 4 is 34.2 Å². The molecule has 4 aromatic carbocycles. The molecule has 1 heterocycles. The molecule has 0 radical (unpaired) electrons. The zero-order valence-corrected chi connectivity index (χ0v) is 20.0. The number of hydrogen-bond acceptors (Lipinski definition) is 3. The summed E-state index contributed by atoms with van der Waals surface area (Å²) < 4.78 is 28.2. The maximum absolute atomic E-state index is 13.5. The summed E-state index contributed by atoms with van der Waals surface area (Å²) >= 11 is 6.31. The number of para-hydroxylation sites is 1. The van der Waals surface area contributed by atoms with Gasteiger partial charge in [-0.2, -0.15) is 0 Å². The number of rotatable bonds is 5. The van der Waals surface area contributed by atoms with Crippen molar-refractivity contribution in [2.45, 2.75) is 6.54 Å². The normalized spacial score (nSPS) is 10.9. The summed E-state index contributed by atoms with van der Waals surface area (Å²) in [5.74, 6) is -0.531. The molecule has 37 heavy (non-hydrogen) atoms. The van der Waals surface area contributed by atoms with Crippen LogP contribution in [0.3, 0.4) is 0 Å². The molecule has 0 aliphatic heterocycles. The highest BCUT2D eigenvalue weighted by molar-refractivity contribution is 6.33. The number of hydrogen-bond donors (Lipinski definition) is 2. The smallest absolute Gasteiger partial charge is 0.319 e. The van der Waals surface area contributed by atoms with Gasteiger partial charge in [0.15, 0.2) is 0 Å². The lowest BCUT2D eigenvalue weighted by Crippen LogP contribution is -2.32. The number of halogens is 3. The summed E-state index contributed by atoms with van der Waals surface area (Å²) in [7, 11) is 0. The Morgan fingerprint density at radius 1 is 0.892 bits per heavy atom. The average Bonchev–Trinajstić information content (AvgIpc) is 2.90. The minimum absolute atomic E-state index is 0.0817. The first-order valence-electron chi connectivity index (χ1n) is 11.3. The third-order valence-electron chi connectivity index (χ3n) is 5.72. The van der Waals surface area contributed by atoms with E-state index in [4.69, 9.17) is 11.6 Å². The number of nitrogens with one attached hydrogen (secondary N) is 2. The van der Waals surface area contributed by atoms with Crippen molar-refractivity contribution < 1.29 is 13.6 Å². The average molecular weight is 517 g/mol. The summed E-state index contributed by atoms with van der Waals surface area (Å²) in [5.41, 5.74) is 2.34. The molecule has 6 nitrogen and oxygen atoms in total. The highest BCUT2D eigenvalue weighted by Crippen LogP contribution is 2.30. The molecule has 9 heteroatoms. The van der Waals surface area contributed by atoms with Crippen LogP contribution in [-0.2, 0) is 6.54 Å². The van der Waals surface area contributed by atoms with Crippen LogP contribution >= 0.6 is 11.6 Å². The standard InChI is InChI=1S/C28H19ClF2N4O2/c29-24-14-11-20(15-23(24)17-5-7-18(30)8-6-17)33-28(37)32-16-26-34-25-4-2-1-3-22(25)27(36)35(26)21-12-9-19(31)10-13-21/h1-15H,16H2,(H2,32,33,37). The number of amides is 2. The molecule has 2 amide bonds. The molecule has 0 aliphatic carbocycles. The second-order valence-corrected chi connectivity index (χ2v) is 8.58. The molecular weight excluding hydrogens is 498 g/mol. The first-order valence-corrected chi connectivity index (χ1v) is 11.6. The molecule has 184 valence electrons. The molecule has 5 aromatic rings. The number of fused-ring (bicyclic) bond motifs is 1. The van der Waals surface area contributed by atoms with Gasteiger partial charge in [0.1, 0.15) is 17.5 Å². The van der Waals surface area contributed by atoms with E-state index in [1.807, 2.05) is 0 Å². The van der Waals surface area contributed by atoms with Gasteiger partial charge in [0.05, 0.1) is 23.1 Å². The zero-order chi connectivity index (χ0) is 25.9. The van der Waals surface area contributed by atoms with Crippen molar-refractivity contribution in [3.05, 3.63) is 124 Å². The summed E-state index contributed by atoms with van der Waals surface area (Å²) in [4.78, 5) is 30.6. The van der Waals surface area contributed by atoms with Gasteiger partial charge in [-0.25, -0.2) is 18.6 Å². The van der Waals surface area contributed by atoms with E-state index in [1.165, 1.54) is 41.0 Å². The predicted molar refractivity (Wildman–Crippen MR) is 140 cm³/mol. The van der Waals surface area contributed by atoms with Gasteiger partial charge in [0.2, 0.25) is 0 Å². The number of urea groups is 1. The van der Waals surface area contributed by atoms with E-state index in [0.717, 1.165) is 0 Å². The highest BCUT2D eigenvalue weighted by Gasteiger charge is 2.14. The van der Waals surface area contributed by atoms with Gasteiger partial charge in [-0.05, 0) is 72.3 Å². The van der Waals surface area contributed by atoms with Crippen LogP contribution in [0.25, 0.3) is 27.7 Å². The third kappa shape index (κ3) is 5.19. The number of carbonyl (C=O) groups excluding carboxylic acids is 1. The molecule has 1 aromatic heterocycles. The van der Waals surface area contributed by atoms with Gasteiger partial charge >= 0.3 is 6.03 Å². The number of anilines is 1. The fourth-order valence-corrected chi connectivity index (χ4v) is 4.17. The number of carbonyl (C=O) groups is 1. The lowest BCUT2D eigenvalue weighted by Gasteiger charge is -2.15. The molecule has 0 spiro atoms. The molecule has 0 saturated carbocycles. The summed E-state index contributed by atoms with van der Waals surface area (Å²) in [5, 5.41) is 6.29. The van der Waals surface area contributed by atoms with Crippen molar-refractivity contribution in [1.82, 2.24) is 14.9 Å². The Morgan fingerprint density at radius 2 is 1.57 bits per heavy atom. The Hall–Kier alpha value is -4.56. The number of nitrogens with zero attached hydrogens (tertiary/aromatic N) is 2. The van der Waals surface area contributed by atoms with E-state index in [-0.39, 0.29) is 23.7 Å². The molecule has 0 aliphatic rings. The highest BCUT2D eigenvalue weighted by atomic mass is 35.5. The Bertz CT molecular complexity index is 1670. The summed E-state index contributed by atoms with van der Waals surface area (Å²) in [6.07, 6.45) is 0. The molecule has 0 fully saturated rings. The molecule has 0 unspecified atom stereocenters. The van der Waals surface area contributed by atoms with E-state index < -0.39 is 11.8 Å². The third-order valence-corrected chi connectivity index (χ3v) is 6.05. The van der Waals surface area contributed by atoms with Crippen LogP contribution in [0.4, 0.5) is 19.3 Å². The minimum Gasteiger partial charge on any atom is -0.331 e. The van der Waals surface area contributed by atoms with Crippen LogP contribution in [0.15, 0.2) is 95.8 Å². The first-order chi connectivity index (χ1) is 17.9. The van der Waals surface area contributed by atoms with Gasteiger partial charge in [-0.3, -0.25) is 9.36 Å². The number of benzene rings is 4. The van der Waals surface area contributed by atoms with Crippen molar-refractivity contribution in [2.24, 2.45) is 0 Å². The van der Waals surface area contributed by atoms with Crippen molar-refractivity contribution in [2.75, 3.05) is 5.32 Å². The van der Waals surface area contributed by atoms with Crippen molar-refractivity contribution in [3.63, 3.8) is 0 Å². The SMILES string of the molecule is O=C(NCc1nc2ccccc2c(=O)n1-c1ccc(F)cc1)Nc1ccc(Cl)c(-c2ccc(F)cc2)c1. The Kier molecular flexibility index (Phi) is 6.66. The Balaban J connectivity index is 1.40. The molecule has 0 saturated heterocycles. The largest absolute Gasteiger partial charge is 0.331 e. The second-order valence-electron chi connectivity index (χ2n) is 8.17. The van der Waals surface area contributed by atoms with E-state index in [1.54, 1.807) is 54.6 Å². The summed E-state index contributed by atoms with van der Waals surface area (Å²) in [6, 6.07) is 22.6. The van der Waals surface area contributed by atoms with Crippen LogP contribution < -0.4 is 16.2 Å². The zero-order valence-electron chi connectivity index (χ0n) is 19.2. The molecular formula is C28H19ClF2N4O2. The van der Waals surface area contributed by atoms with Crippen LogP contribution in [-0.4, -0.2) is 15.6 Å². The maximum atomic E-state index is 13.5. The van der Waals surface area contributed by atoms with Crippen LogP contribution in [0.2, 0.25) is 5.02 Å². The lowest BCUT2D eigenvalue weighted by atomic mass is 10.0. The van der Waals surface area contributed by atoms with E-state index in [2.05, 4.69) is 15.6 Å². The maximum Gasteiger partial charge on any atom is 0.319 e. The predicted octanol–water partition coefficient (Wildman–Crippen LogP) is 6.31. The van der Waals surface area contributed by atoms with Gasteiger partial charge in [0.25, 0.3) is 5.56 Å². The second kappa shape index (κ2) is 10.2. The Labute approximate surface area is 215 Å². The fraction of sp³-hybridized carbons (Fsp3) is 0.0357. The first kappa shape index (κ1) is 24.1. The fourth-order valence-electron chi connectivity index (χ4n) is 3.94. The van der Waals surface area contributed by atoms with E-state index in [0.29, 0.717) is 38.4 Å². The molecule has 0 bridgehead atoms. The quantitative estimate of drug-likeness (QED) is 0.287. The minimum atomic E-state index is -0.541. The van der Waals surface area contributed by atoms with Crippen LogP contribution in [0, 0.1) is 11.6 Å². The van der Waals surface area contributed by atoms with Gasteiger partial charge < -0.3 is 10.6 Å². The Morgan fingerprint density at radius 3 is 2.30 bits per heavy atom. The monoisotopic (exact) mass is 516 g/mol. The van der Waals surface area contributed by atoms with Gasteiger partial charge in [0, 0.05) is 16.3 Å². The van der Waals surface area contributed by atoms with Crippen molar-refractivity contribution in [1.29, 1.82) is 0 Å². The van der Waals surface area contributed by atoms with Crippen LogP contribution in [0.5, 0.6) is 0 Å². The lowest BCUT2D eigenvalue weighted by molar-refractivity contribution is 0.251. The van der Waals surface area contributed by atoms with Crippen molar-refractivity contribution in [3.8, 4) is 16.8 Å².